The van der Waals surface area contributed by atoms with Crippen LogP contribution in [0.3, 0.4) is 0 Å². The van der Waals surface area contributed by atoms with Gasteiger partial charge in [0.1, 0.15) is 17.5 Å². The zero-order chi connectivity index (χ0) is 16.5. The van der Waals surface area contributed by atoms with E-state index in [4.69, 9.17) is 15.2 Å². The molecule has 3 N–H and O–H groups in total. The third-order valence-electron chi connectivity index (χ3n) is 3.39. The minimum Gasteiger partial charge on any atom is -0.497 e. The van der Waals surface area contributed by atoms with Gasteiger partial charge in [-0.25, -0.2) is 0 Å². The Labute approximate surface area is 136 Å². The average Bonchev–Trinajstić information content (AvgIpc) is 2.62. The molecule has 2 rings (SSSR count). The number of nitrogens with one attached hydrogen (secondary N) is 1. The normalized spacial score (nSPS) is 11.6. The standard InChI is InChI=1S/C18H22N2O3/c1-22-15-8-10-16(11-9-15)23-13-5-12-20-18(21)17(19)14-6-3-2-4-7-14/h2-4,6-11,17H,5,12-13,19H2,1H3,(H,20,21). The van der Waals surface area contributed by atoms with Crippen LogP contribution in [0.2, 0.25) is 0 Å². The molecule has 1 atom stereocenters. The monoisotopic (exact) mass is 314 g/mol. The fraction of sp³-hybridized carbons (Fsp3) is 0.278. The summed E-state index contributed by atoms with van der Waals surface area (Å²) in [6.07, 6.45) is 0.708. The van der Waals surface area contributed by atoms with E-state index in [-0.39, 0.29) is 5.91 Å². The fourth-order valence-corrected chi connectivity index (χ4v) is 2.07. The van der Waals surface area contributed by atoms with Gasteiger partial charge in [0.15, 0.2) is 0 Å². The summed E-state index contributed by atoms with van der Waals surface area (Å²) in [5.41, 5.74) is 6.72. The fourth-order valence-electron chi connectivity index (χ4n) is 2.07. The van der Waals surface area contributed by atoms with Crippen LogP contribution >= 0.6 is 0 Å². The van der Waals surface area contributed by atoms with Crippen molar-refractivity contribution in [3.8, 4) is 11.5 Å². The largest absolute Gasteiger partial charge is 0.497 e. The van der Waals surface area contributed by atoms with Gasteiger partial charge in [-0.05, 0) is 36.2 Å². The highest BCUT2D eigenvalue weighted by Crippen LogP contribution is 2.17. The molecule has 23 heavy (non-hydrogen) atoms. The minimum absolute atomic E-state index is 0.180. The predicted octanol–water partition coefficient (Wildman–Crippen LogP) is 2.28. The molecule has 0 bridgehead atoms. The predicted molar refractivity (Wildman–Crippen MR) is 89.5 cm³/mol. The highest BCUT2D eigenvalue weighted by molar-refractivity contribution is 5.82. The zero-order valence-electron chi connectivity index (χ0n) is 13.2. The minimum atomic E-state index is -0.640. The molecule has 0 fully saturated rings. The first-order chi connectivity index (χ1) is 11.2. The Morgan fingerprint density at radius 3 is 2.39 bits per heavy atom. The van der Waals surface area contributed by atoms with Crippen LogP contribution in [-0.4, -0.2) is 26.2 Å². The molecule has 1 amide bonds. The van der Waals surface area contributed by atoms with Crippen LogP contribution < -0.4 is 20.5 Å². The smallest absolute Gasteiger partial charge is 0.241 e. The Morgan fingerprint density at radius 2 is 1.74 bits per heavy atom. The number of carbonyl (C=O) groups excluding carboxylic acids is 1. The Kier molecular flexibility index (Phi) is 6.44. The number of ether oxygens (including phenoxy) is 2. The third kappa shape index (κ3) is 5.30. The number of methoxy groups -OCH3 is 1. The summed E-state index contributed by atoms with van der Waals surface area (Å²) in [7, 11) is 1.62. The van der Waals surface area contributed by atoms with Crippen molar-refractivity contribution in [3.05, 3.63) is 60.2 Å². The van der Waals surface area contributed by atoms with Crippen molar-refractivity contribution < 1.29 is 14.3 Å². The van der Waals surface area contributed by atoms with Gasteiger partial charge >= 0.3 is 0 Å². The summed E-state index contributed by atoms with van der Waals surface area (Å²) in [6, 6.07) is 16.1. The molecule has 0 aromatic heterocycles. The summed E-state index contributed by atoms with van der Waals surface area (Å²) in [5, 5.41) is 2.82. The van der Waals surface area contributed by atoms with Gasteiger partial charge in [-0.2, -0.15) is 0 Å². The van der Waals surface area contributed by atoms with Crippen LogP contribution in [0.1, 0.15) is 18.0 Å². The van der Waals surface area contributed by atoms with E-state index in [1.807, 2.05) is 54.6 Å². The van der Waals surface area contributed by atoms with E-state index >= 15 is 0 Å². The molecule has 0 aliphatic rings. The van der Waals surface area contributed by atoms with Crippen LogP contribution in [0.4, 0.5) is 0 Å². The summed E-state index contributed by atoms with van der Waals surface area (Å²) in [5.74, 6) is 1.39. The molecule has 122 valence electrons. The second-order valence-corrected chi connectivity index (χ2v) is 5.06. The van der Waals surface area contributed by atoms with Crippen molar-refractivity contribution in [1.29, 1.82) is 0 Å². The molecular weight excluding hydrogens is 292 g/mol. The number of nitrogens with two attached hydrogens (primary N) is 1. The maximum absolute atomic E-state index is 12.0. The number of hydrogen-bond acceptors (Lipinski definition) is 4. The highest BCUT2D eigenvalue weighted by atomic mass is 16.5. The molecule has 2 aromatic carbocycles. The van der Waals surface area contributed by atoms with Crippen molar-refractivity contribution in [2.24, 2.45) is 5.73 Å². The molecule has 0 aliphatic carbocycles. The number of carbonyl (C=O) groups is 1. The van der Waals surface area contributed by atoms with Crippen LogP contribution in [0.25, 0.3) is 0 Å². The van der Waals surface area contributed by atoms with E-state index in [2.05, 4.69) is 5.32 Å². The number of amides is 1. The van der Waals surface area contributed by atoms with Gasteiger partial charge < -0.3 is 20.5 Å². The maximum Gasteiger partial charge on any atom is 0.241 e. The molecule has 0 saturated heterocycles. The van der Waals surface area contributed by atoms with Crippen molar-refractivity contribution >= 4 is 5.91 Å². The number of hydrogen-bond donors (Lipinski definition) is 2. The lowest BCUT2D eigenvalue weighted by Gasteiger charge is -2.12. The van der Waals surface area contributed by atoms with Crippen molar-refractivity contribution in [2.45, 2.75) is 12.5 Å². The summed E-state index contributed by atoms with van der Waals surface area (Å²) >= 11 is 0. The second-order valence-electron chi connectivity index (χ2n) is 5.06. The van der Waals surface area contributed by atoms with E-state index in [0.717, 1.165) is 17.1 Å². The molecule has 2 aromatic rings. The topological polar surface area (TPSA) is 73.6 Å². The van der Waals surface area contributed by atoms with Crippen LogP contribution in [0.5, 0.6) is 11.5 Å². The Morgan fingerprint density at radius 1 is 1.09 bits per heavy atom. The van der Waals surface area contributed by atoms with E-state index in [1.54, 1.807) is 7.11 Å². The van der Waals surface area contributed by atoms with Gasteiger partial charge in [-0.1, -0.05) is 30.3 Å². The van der Waals surface area contributed by atoms with Gasteiger partial charge in [0.2, 0.25) is 5.91 Å². The van der Waals surface area contributed by atoms with Gasteiger partial charge in [0, 0.05) is 6.54 Å². The van der Waals surface area contributed by atoms with Gasteiger partial charge in [0.05, 0.1) is 13.7 Å². The Balaban J connectivity index is 1.65. The Hall–Kier alpha value is -2.53. The van der Waals surface area contributed by atoms with Crippen LogP contribution in [0.15, 0.2) is 54.6 Å². The van der Waals surface area contributed by atoms with E-state index in [1.165, 1.54) is 0 Å². The lowest BCUT2D eigenvalue weighted by atomic mass is 10.1. The summed E-state index contributed by atoms with van der Waals surface area (Å²) < 4.78 is 10.7. The van der Waals surface area contributed by atoms with Crippen molar-refractivity contribution in [3.63, 3.8) is 0 Å². The molecule has 0 radical (unpaired) electrons. The maximum atomic E-state index is 12.0. The molecule has 5 heteroatoms. The van der Waals surface area contributed by atoms with Crippen LogP contribution in [-0.2, 0) is 4.79 Å². The average molecular weight is 314 g/mol. The van der Waals surface area contributed by atoms with Crippen molar-refractivity contribution in [2.75, 3.05) is 20.3 Å². The third-order valence-corrected chi connectivity index (χ3v) is 3.39. The molecule has 5 nitrogen and oxygen atoms in total. The number of benzene rings is 2. The quantitative estimate of drug-likeness (QED) is 0.733. The van der Waals surface area contributed by atoms with E-state index in [9.17, 15) is 4.79 Å². The molecular formula is C18H22N2O3. The lowest BCUT2D eigenvalue weighted by Crippen LogP contribution is -2.35. The SMILES string of the molecule is COc1ccc(OCCCNC(=O)C(N)c2ccccc2)cc1. The first-order valence-electron chi connectivity index (χ1n) is 7.56. The molecule has 1 unspecified atom stereocenters. The second kappa shape index (κ2) is 8.80. The first kappa shape index (κ1) is 16.8. The number of rotatable bonds is 8. The Bertz CT molecular complexity index is 599. The van der Waals surface area contributed by atoms with E-state index in [0.29, 0.717) is 19.6 Å². The summed E-state index contributed by atoms with van der Waals surface area (Å²) in [4.78, 5) is 12.0. The summed E-state index contributed by atoms with van der Waals surface area (Å²) in [6.45, 7) is 1.04. The van der Waals surface area contributed by atoms with Gasteiger partial charge in [-0.15, -0.1) is 0 Å². The van der Waals surface area contributed by atoms with Crippen LogP contribution in [0, 0.1) is 0 Å². The van der Waals surface area contributed by atoms with E-state index < -0.39 is 6.04 Å². The molecule has 0 spiro atoms. The van der Waals surface area contributed by atoms with Gasteiger partial charge in [-0.3, -0.25) is 4.79 Å². The zero-order valence-corrected chi connectivity index (χ0v) is 13.2. The van der Waals surface area contributed by atoms with Gasteiger partial charge in [0.25, 0.3) is 0 Å². The first-order valence-corrected chi connectivity index (χ1v) is 7.56. The molecule has 0 heterocycles. The molecule has 0 aliphatic heterocycles. The van der Waals surface area contributed by atoms with Crippen molar-refractivity contribution in [1.82, 2.24) is 5.32 Å². The lowest BCUT2D eigenvalue weighted by molar-refractivity contribution is -0.122. The highest BCUT2D eigenvalue weighted by Gasteiger charge is 2.14. The molecule has 0 saturated carbocycles.